The number of hydrogen-bond donors (Lipinski definition) is 2. The summed E-state index contributed by atoms with van der Waals surface area (Å²) in [7, 11) is 0. The summed E-state index contributed by atoms with van der Waals surface area (Å²) in [6, 6.07) is 0. The zero-order valence-electron chi connectivity index (χ0n) is 9.17. The van der Waals surface area contributed by atoms with Crippen molar-refractivity contribution in [3.8, 4) is 0 Å². The van der Waals surface area contributed by atoms with E-state index in [4.69, 9.17) is 5.73 Å². The van der Waals surface area contributed by atoms with E-state index in [1.54, 1.807) is 0 Å². The lowest BCUT2D eigenvalue weighted by atomic mass is 9.79. The van der Waals surface area contributed by atoms with E-state index in [1.165, 1.54) is 12.8 Å². The van der Waals surface area contributed by atoms with Gasteiger partial charge in [0, 0.05) is 12.0 Å². The third-order valence-electron chi connectivity index (χ3n) is 3.45. The van der Waals surface area contributed by atoms with E-state index in [0.29, 0.717) is 6.54 Å². The van der Waals surface area contributed by atoms with Crippen LogP contribution in [0, 0.1) is 5.41 Å². The Hall–Kier alpha value is 0.270. The molecule has 0 aromatic carbocycles. The molecule has 0 bridgehead atoms. The molecular weight excluding hydrogens is 194 g/mol. The molecule has 3 heteroatoms. The molecule has 14 heavy (non-hydrogen) atoms. The molecule has 1 saturated carbocycles. The predicted octanol–water partition coefficient (Wildman–Crippen LogP) is 2.01. The quantitative estimate of drug-likeness (QED) is 0.669. The van der Waals surface area contributed by atoms with Gasteiger partial charge in [0.05, 0.1) is 6.10 Å². The van der Waals surface area contributed by atoms with Crippen molar-refractivity contribution < 1.29 is 5.11 Å². The molecule has 0 aliphatic heterocycles. The van der Waals surface area contributed by atoms with Crippen LogP contribution in [-0.2, 0) is 0 Å². The lowest BCUT2D eigenvalue weighted by molar-refractivity contribution is 0.0328. The van der Waals surface area contributed by atoms with Crippen LogP contribution < -0.4 is 5.73 Å². The van der Waals surface area contributed by atoms with Gasteiger partial charge in [0.1, 0.15) is 0 Å². The molecule has 0 radical (unpaired) electrons. The van der Waals surface area contributed by atoms with Crippen molar-refractivity contribution in [2.24, 2.45) is 11.1 Å². The van der Waals surface area contributed by atoms with Crippen molar-refractivity contribution >= 4 is 11.8 Å². The molecule has 2 nitrogen and oxygen atoms in total. The van der Waals surface area contributed by atoms with E-state index in [-0.39, 0.29) is 11.5 Å². The van der Waals surface area contributed by atoms with Crippen LogP contribution in [0.15, 0.2) is 0 Å². The van der Waals surface area contributed by atoms with Crippen LogP contribution in [0.3, 0.4) is 0 Å². The highest BCUT2D eigenvalue weighted by molar-refractivity contribution is 7.99. The molecule has 0 spiro atoms. The number of aliphatic hydroxyl groups excluding tert-OH is 1. The van der Waals surface area contributed by atoms with Gasteiger partial charge in [0.15, 0.2) is 0 Å². The van der Waals surface area contributed by atoms with Crippen LogP contribution in [-0.4, -0.2) is 29.3 Å². The number of rotatable bonds is 6. The van der Waals surface area contributed by atoms with E-state index in [2.05, 4.69) is 6.92 Å². The molecule has 1 atom stereocenters. The molecule has 1 fully saturated rings. The largest absolute Gasteiger partial charge is 0.392 e. The van der Waals surface area contributed by atoms with Crippen molar-refractivity contribution in [3.05, 3.63) is 0 Å². The van der Waals surface area contributed by atoms with Crippen LogP contribution >= 0.6 is 11.8 Å². The second kappa shape index (κ2) is 5.99. The highest BCUT2D eigenvalue weighted by atomic mass is 32.2. The van der Waals surface area contributed by atoms with Crippen LogP contribution in [0.25, 0.3) is 0 Å². The summed E-state index contributed by atoms with van der Waals surface area (Å²) in [5, 5.41) is 10.1. The Morgan fingerprint density at radius 3 is 2.57 bits per heavy atom. The normalized spacial score (nSPS) is 22.5. The number of aliphatic hydroxyl groups is 1. The van der Waals surface area contributed by atoms with Crippen molar-refractivity contribution in [2.75, 3.05) is 18.1 Å². The minimum Gasteiger partial charge on any atom is -0.392 e. The molecule has 1 unspecified atom stereocenters. The Balaban J connectivity index is 2.35. The minimum absolute atomic E-state index is 0.0638. The second-order valence-electron chi connectivity index (χ2n) is 4.27. The van der Waals surface area contributed by atoms with E-state index < -0.39 is 0 Å². The van der Waals surface area contributed by atoms with Crippen molar-refractivity contribution in [1.82, 2.24) is 0 Å². The molecule has 0 saturated heterocycles. The van der Waals surface area contributed by atoms with Gasteiger partial charge in [0.2, 0.25) is 0 Å². The molecule has 1 aliphatic carbocycles. The van der Waals surface area contributed by atoms with Gasteiger partial charge in [0.25, 0.3) is 0 Å². The van der Waals surface area contributed by atoms with Crippen molar-refractivity contribution in [2.45, 2.75) is 45.1 Å². The fraction of sp³-hybridized carbons (Fsp3) is 1.00. The summed E-state index contributed by atoms with van der Waals surface area (Å²) in [6.07, 6.45) is 5.48. The summed E-state index contributed by atoms with van der Waals surface area (Å²) in [5.41, 5.74) is 5.87. The maximum absolute atomic E-state index is 10.1. The summed E-state index contributed by atoms with van der Waals surface area (Å²) in [6.45, 7) is 2.82. The maximum atomic E-state index is 10.1. The van der Waals surface area contributed by atoms with Gasteiger partial charge in [-0.2, -0.15) is 11.8 Å². The first-order chi connectivity index (χ1) is 6.75. The van der Waals surface area contributed by atoms with Gasteiger partial charge in [-0.1, -0.05) is 19.8 Å². The highest BCUT2D eigenvalue weighted by Crippen LogP contribution is 2.41. The monoisotopic (exact) mass is 217 g/mol. The molecule has 0 aromatic heterocycles. The van der Waals surface area contributed by atoms with Gasteiger partial charge < -0.3 is 10.8 Å². The maximum Gasteiger partial charge on any atom is 0.0616 e. The van der Waals surface area contributed by atoms with Gasteiger partial charge in [-0.05, 0) is 30.8 Å². The first kappa shape index (κ1) is 12.3. The third-order valence-corrected chi connectivity index (χ3v) is 4.39. The van der Waals surface area contributed by atoms with Crippen LogP contribution in [0.2, 0.25) is 0 Å². The Morgan fingerprint density at radius 1 is 1.43 bits per heavy atom. The molecule has 3 N–H and O–H groups in total. The van der Waals surface area contributed by atoms with E-state index in [0.717, 1.165) is 30.8 Å². The van der Waals surface area contributed by atoms with Crippen LogP contribution in [0.5, 0.6) is 0 Å². The molecule has 84 valence electrons. The topological polar surface area (TPSA) is 46.2 Å². The van der Waals surface area contributed by atoms with E-state index >= 15 is 0 Å². The zero-order chi connectivity index (χ0) is 10.4. The van der Waals surface area contributed by atoms with E-state index in [9.17, 15) is 5.11 Å². The van der Waals surface area contributed by atoms with Crippen LogP contribution in [0.4, 0.5) is 0 Å². The summed E-state index contributed by atoms with van der Waals surface area (Å²) >= 11 is 1.90. The summed E-state index contributed by atoms with van der Waals surface area (Å²) < 4.78 is 0. The Morgan fingerprint density at radius 2 is 2.07 bits per heavy atom. The van der Waals surface area contributed by atoms with E-state index in [1.807, 2.05) is 11.8 Å². The Labute approximate surface area is 91.6 Å². The van der Waals surface area contributed by atoms with Gasteiger partial charge in [-0.15, -0.1) is 0 Å². The molecule has 1 rings (SSSR count). The average Bonchev–Trinajstić information content (AvgIpc) is 2.67. The standard InChI is InChI=1S/C11H23NOS/c1-2-14-8-5-10(13)11(9-12)6-3-4-7-11/h10,13H,2-9,12H2,1H3. The summed E-state index contributed by atoms with van der Waals surface area (Å²) in [4.78, 5) is 0. The highest BCUT2D eigenvalue weighted by Gasteiger charge is 2.38. The Kier molecular flexibility index (Phi) is 5.28. The molecule has 0 aromatic rings. The minimum atomic E-state index is -0.172. The van der Waals surface area contributed by atoms with Crippen LogP contribution in [0.1, 0.15) is 39.0 Å². The fourth-order valence-electron chi connectivity index (χ4n) is 2.40. The third kappa shape index (κ3) is 2.88. The first-order valence-electron chi connectivity index (χ1n) is 5.71. The predicted molar refractivity (Wildman–Crippen MR) is 63.6 cm³/mol. The molecule has 0 amide bonds. The Bertz CT molecular complexity index is 157. The fourth-order valence-corrected chi connectivity index (χ4v) is 3.08. The zero-order valence-corrected chi connectivity index (χ0v) is 9.98. The van der Waals surface area contributed by atoms with Gasteiger partial charge in [-0.25, -0.2) is 0 Å². The number of thioether (sulfide) groups is 1. The number of nitrogens with two attached hydrogens (primary N) is 1. The smallest absolute Gasteiger partial charge is 0.0616 e. The van der Waals surface area contributed by atoms with Crippen molar-refractivity contribution in [1.29, 1.82) is 0 Å². The summed E-state index contributed by atoms with van der Waals surface area (Å²) in [5.74, 6) is 2.21. The second-order valence-corrected chi connectivity index (χ2v) is 5.67. The van der Waals surface area contributed by atoms with Gasteiger partial charge >= 0.3 is 0 Å². The molecule has 0 heterocycles. The lowest BCUT2D eigenvalue weighted by Crippen LogP contribution is -2.39. The average molecular weight is 217 g/mol. The molecular formula is C11H23NOS. The molecule has 1 aliphatic rings. The van der Waals surface area contributed by atoms with Crippen molar-refractivity contribution in [3.63, 3.8) is 0 Å². The number of hydrogen-bond acceptors (Lipinski definition) is 3. The SMILES string of the molecule is CCSCCC(O)C1(CN)CCCC1. The van der Waals surface area contributed by atoms with Gasteiger partial charge in [-0.3, -0.25) is 0 Å². The lowest BCUT2D eigenvalue weighted by Gasteiger charge is -2.32. The first-order valence-corrected chi connectivity index (χ1v) is 6.86.